The van der Waals surface area contributed by atoms with E-state index in [1.807, 2.05) is 16.8 Å². The van der Waals surface area contributed by atoms with Crippen LogP contribution in [0, 0.1) is 0 Å². The predicted molar refractivity (Wildman–Crippen MR) is 110 cm³/mol. The van der Waals surface area contributed by atoms with Crippen molar-refractivity contribution in [3.63, 3.8) is 0 Å². The summed E-state index contributed by atoms with van der Waals surface area (Å²) in [5.41, 5.74) is 10.6. The van der Waals surface area contributed by atoms with Crippen LogP contribution in [-0.2, 0) is 12.8 Å². The number of anilines is 1. The number of hydrogen-bond acceptors (Lipinski definition) is 5. The molecule has 140 valence electrons. The highest BCUT2D eigenvalue weighted by molar-refractivity contribution is 6.43. The van der Waals surface area contributed by atoms with Crippen molar-refractivity contribution in [2.45, 2.75) is 18.9 Å². The zero-order chi connectivity index (χ0) is 19.4. The van der Waals surface area contributed by atoms with Crippen molar-refractivity contribution < 1.29 is 5.11 Å². The summed E-state index contributed by atoms with van der Waals surface area (Å²) in [7, 11) is 0. The summed E-state index contributed by atoms with van der Waals surface area (Å²) < 4.78 is 1.91. The number of nitrogens with zero attached hydrogens (tertiary/aromatic N) is 4. The van der Waals surface area contributed by atoms with E-state index in [0.717, 1.165) is 12.8 Å². The Morgan fingerprint density at radius 1 is 1.07 bits per heavy atom. The summed E-state index contributed by atoms with van der Waals surface area (Å²) in [5, 5.41) is 15.9. The van der Waals surface area contributed by atoms with E-state index in [4.69, 9.17) is 34.0 Å². The van der Waals surface area contributed by atoms with Gasteiger partial charge in [-0.2, -0.15) is 5.10 Å². The van der Waals surface area contributed by atoms with Gasteiger partial charge in [0.15, 0.2) is 5.65 Å². The highest BCUT2D eigenvalue weighted by Crippen LogP contribution is 2.40. The molecule has 3 N–H and O–H groups in total. The Balaban J connectivity index is 1.70. The van der Waals surface area contributed by atoms with Crippen LogP contribution < -0.4 is 5.73 Å². The van der Waals surface area contributed by atoms with Crippen LogP contribution in [0.5, 0.6) is 5.75 Å². The molecule has 0 atom stereocenters. The average Bonchev–Trinajstić information content (AvgIpc) is 3.27. The van der Waals surface area contributed by atoms with Crippen LogP contribution in [0.25, 0.3) is 22.3 Å². The molecule has 8 heteroatoms. The van der Waals surface area contributed by atoms with Gasteiger partial charge in [0.1, 0.15) is 28.6 Å². The van der Waals surface area contributed by atoms with Gasteiger partial charge in [-0.25, -0.2) is 14.6 Å². The van der Waals surface area contributed by atoms with Crippen molar-refractivity contribution in [2.75, 3.05) is 5.73 Å². The molecule has 2 aromatic heterocycles. The number of phenols is 1. The first-order valence-corrected chi connectivity index (χ1v) is 9.52. The molecule has 0 amide bonds. The van der Waals surface area contributed by atoms with Crippen molar-refractivity contribution in [3.8, 4) is 17.0 Å². The van der Waals surface area contributed by atoms with E-state index in [0.29, 0.717) is 28.1 Å². The van der Waals surface area contributed by atoms with E-state index in [1.165, 1.54) is 23.5 Å². The summed E-state index contributed by atoms with van der Waals surface area (Å²) in [6, 6.07) is 11.7. The van der Waals surface area contributed by atoms with E-state index in [9.17, 15) is 5.11 Å². The SMILES string of the molecule is Nc1ncnc2c1c(-c1cc(O)c(Cl)c(Cl)c1)nn2C1Cc2ccccc2C1. The molecule has 0 spiro atoms. The Bertz CT molecular complexity index is 1190. The molecule has 0 saturated heterocycles. The lowest BCUT2D eigenvalue weighted by Gasteiger charge is -2.10. The van der Waals surface area contributed by atoms with Crippen LogP contribution in [0.1, 0.15) is 17.2 Å². The van der Waals surface area contributed by atoms with Crippen LogP contribution in [0.15, 0.2) is 42.7 Å². The number of hydrogen-bond donors (Lipinski definition) is 2. The first-order valence-electron chi connectivity index (χ1n) is 8.76. The zero-order valence-electron chi connectivity index (χ0n) is 14.6. The lowest BCUT2D eigenvalue weighted by Crippen LogP contribution is -2.11. The maximum atomic E-state index is 10.1. The fourth-order valence-corrected chi connectivity index (χ4v) is 4.20. The minimum atomic E-state index is -0.115. The minimum absolute atomic E-state index is 0.101. The lowest BCUT2D eigenvalue weighted by molar-refractivity contribution is 0.475. The number of nitrogens with two attached hydrogens (primary N) is 1. The molecule has 0 unspecified atom stereocenters. The number of halogens is 2. The maximum absolute atomic E-state index is 10.1. The van der Waals surface area contributed by atoms with Crippen LogP contribution in [0.3, 0.4) is 0 Å². The number of aromatic nitrogens is 4. The highest BCUT2D eigenvalue weighted by atomic mass is 35.5. The molecule has 0 saturated carbocycles. The van der Waals surface area contributed by atoms with E-state index < -0.39 is 0 Å². The number of benzene rings is 2. The standard InChI is InChI=1S/C20H15Cl2N5O/c21-14-7-12(8-15(28)17(14)22)18-16-19(23)24-9-25-20(16)27(26-18)13-5-10-3-1-2-4-11(10)6-13/h1-4,7-9,13,28H,5-6H2,(H2,23,24,25). The molecular weight excluding hydrogens is 397 g/mol. The normalized spacial score (nSPS) is 13.9. The number of phenolic OH excluding ortho intramolecular Hbond substituents is 1. The van der Waals surface area contributed by atoms with Crippen LogP contribution in [-0.4, -0.2) is 24.9 Å². The third-order valence-electron chi connectivity index (χ3n) is 5.18. The van der Waals surface area contributed by atoms with Crippen molar-refractivity contribution in [2.24, 2.45) is 0 Å². The summed E-state index contributed by atoms with van der Waals surface area (Å²) in [5.74, 6) is 0.211. The number of aromatic hydroxyl groups is 1. The van der Waals surface area contributed by atoms with E-state index in [2.05, 4.69) is 22.1 Å². The molecule has 0 aliphatic heterocycles. The molecule has 0 bridgehead atoms. The summed E-state index contributed by atoms with van der Waals surface area (Å²) >= 11 is 12.2. The molecule has 6 nitrogen and oxygen atoms in total. The maximum Gasteiger partial charge on any atom is 0.164 e. The Kier molecular flexibility index (Phi) is 3.92. The monoisotopic (exact) mass is 411 g/mol. The lowest BCUT2D eigenvalue weighted by atomic mass is 10.1. The minimum Gasteiger partial charge on any atom is -0.506 e. The van der Waals surface area contributed by atoms with Gasteiger partial charge in [-0.3, -0.25) is 0 Å². The van der Waals surface area contributed by atoms with Crippen molar-refractivity contribution in [1.82, 2.24) is 19.7 Å². The molecule has 5 rings (SSSR count). The molecule has 28 heavy (non-hydrogen) atoms. The van der Waals surface area contributed by atoms with E-state index >= 15 is 0 Å². The summed E-state index contributed by atoms with van der Waals surface area (Å²) in [6.07, 6.45) is 3.17. The quantitative estimate of drug-likeness (QED) is 0.509. The van der Waals surface area contributed by atoms with Gasteiger partial charge >= 0.3 is 0 Å². The van der Waals surface area contributed by atoms with Crippen LogP contribution >= 0.6 is 23.2 Å². The Hall–Kier alpha value is -2.83. The van der Waals surface area contributed by atoms with E-state index in [1.54, 1.807) is 6.07 Å². The molecule has 0 fully saturated rings. The highest BCUT2D eigenvalue weighted by Gasteiger charge is 2.28. The molecule has 2 heterocycles. The Labute approximate surface area is 170 Å². The fraction of sp³-hybridized carbons (Fsp3) is 0.150. The third-order valence-corrected chi connectivity index (χ3v) is 5.97. The van der Waals surface area contributed by atoms with E-state index in [-0.39, 0.29) is 21.8 Å². The molecule has 1 aliphatic carbocycles. The first kappa shape index (κ1) is 17.3. The first-order chi connectivity index (χ1) is 13.5. The van der Waals surface area contributed by atoms with Gasteiger partial charge in [0.25, 0.3) is 0 Å². The van der Waals surface area contributed by atoms with Gasteiger partial charge in [0.05, 0.1) is 16.5 Å². The van der Waals surface area contributed by atoms with Crippen molar-refractivity contribution in [3.05, 3.63) is 63.9 Å². The van der Waals surface area contributed by atoms with Gasteiger partial charge in [-0.15, -0.1) is 0 Å². The van der Waals surface area contributed by atoms with Gasteiger partial charge < -0.3 is 10.8 Å². The molecule has 1 aliphatic rings. The third kappa shape index (κ3) is 2.60. The second kappa shape index (κ2) is 6.36. The van der Waals surface area contributed by atoms with Crippen LogP contribution in [0.4, 0.5) is 5.82 Å². The summed E-state index contributed by atoms with van der Waals surface area (Å²) in [6.45, 7) is 0. The average molecular weight is 412 g/mol. The van der Waals surface area contributed by atoms with Crippen molar-refractivity contribution >= 4 is 40.1 Å². The molecule has 0 radical (unpaired) electrons. The smallest absolute Gasteiger partial charge is 0.164 e. The van der Waals surface area contributed by atoms with Crippen molar-refractivity contribution in [1.29, 1.82) is 0 Å². The second-order valence-electron chi connectivity index (χ2n) is 6.87. The van der Waals surface area contributed by atoms with Crippen LogP contribution in [0.2, 0.25) is 10.0 Å². The Morgan fingerprint density at radius 2 is 1.79 bits per heavy atom. The zero-order valence-corrected chi connectivity index (χ0v) is 16.1. The molecule has 2 aromatic carbocycles. The fourth-order valence-electron chi connectivity index (χ4n) is 3.87. The van der Waals surface area contributed by atoms with Gasteiger partial charge in [0, 0.05) is 5.56 Å². The molecular formula is C20H15Cl2N5O. The molecule has 4 aromatic rings. The number of nitrogen functional groups attached to an aromatic ring is 1. The topological polar surface area (TPSA) is 89.8 Å². The van der Waals surface area contributed by atoms with Gasteiger partial charge in [0.2, 0.25) is 0 Å². The van der Waals surface area contributed by atoms with Gasteiger partial charge in [-0.1, -0.05) is 47.5 Å². The number of fused-ring (bicyclic) bond motifs is 2. The predicted octanol–water partition coefficient (Wildman–Crippen LogP) is 4.43. The second-order valence-corrected chi connectivity index (χ2v) is 7.66. The Morgan fingerprint density at radius 3 is 2.46 bits per heavy atom. The summed E-state index contributed by atoms with van der Waals surface area (Å²) in [4.78, 5) is 8.57. The largest absolute Gasteiger partial charge is 0.506 e. The number of rotatable bonds is 2. The van der Waals surface area contributed by atoms with Gasteiger partial charge in [-0.05, 0) is 36.1 Å².